The van der Waals surface area contributed by atoms with Crippen LogP contribution >= 0.6 is 11.6 Å². The number of aryl methyl sites for hydroxylation is 1. The van der Waals surface area contributed by atoms with E-state index in [1.165, 1.54) is 0 Å². The Labute approximate surface area is 152 Å². The Bertz CT molecular complexity index is 870. The van der Waals surface area contributed by atoms with Crippen molar-refractivity contribution in [2.75, 3.05) is 17.7 Å². The number of benzene rings is 2. The van der Waals surface area contributed by atoms with Gasteiger partial charge in [-0.3, -0.25) is 0 Å². The monoisotopic (exact) mass is 354 g/mol. The van der Waals surface area contributed by atoms with Gasteiger partial charge in [-0.05, 0) is 36.8 Å². The zero-order chi connectivity index (χ0) is 17.6. The number of rotatable bonds is 6. The molecule has 0 unspecified atom stereocenters. The molecule has 0 spiro atoms. The minimum absolute atomic E-state index is 0.538. The molecule has 1 aromatic heterocycles. The molecule has 0 saturated carbocycles. The van der Waals surface area contributed by atoms with Crippen molar-refractivity contribution in [3.05, 3.63) is 70.9 Å². The molecule has 0 aliphatic rings. The molecule has 6 heteroatoms. The van der Waals surface area contributed by atoms with E-state index in [0.29, 0.717) is 23.3 Å². The minimum Gasteiger partial charge on any atom is -0.496 e. The first-order valence-electron chi connectivity index (χ1n) is 7.87. The third kappa shape index (κ3) is 4.39. The van der Waals surface area contributed by atoms with Gasteiger partial charge in [-0.15, -0.1) is 0 Å². The summed E-state index contributed by atoms with van der Waals surface area (Å²) in [6, 6.07) is 15.4. The van der Waals surface area contributed by atoms with E-state index < -0.39 is 0 Å². The molecule has 5 nitrogen and oxygen atoms in total. The molecule has 0 amide bonds. The number of ether oxygens (including phenoxy) is 1. The lowest BCUT2D eigenvalue weighted by molar-refractivity contribution is 0.410. The summed E-state index contributed by atoms with van der Waals surface area (Å²) in [6.45, 7) is 2.59. The fraction of sp³-hybridized carbons (Fsp3) is 0.158. The van der Waals surface area contributed by atoms with Gasteiger partial charge in [-0.1, -0.05) is 35.9 Å². The van der Waals surface area contributed by atoms with E-state index in [-0.39, 0.29) is 0 Å². The minimum atomic E-state index is 0.538. The van der Waals surface area contributed by atoms with Gasteiger partial charge < -0.3 is 15.4 Å². The van der Waals surface area contributed by atoms with Crippen LogP contribution in [0.1, 0.15) is 11.1 Å². The number of halogens is 1. The maximum Gasteiger partial charge on any atom is 0.224 e. The molecule has 3 aromatic rings. The van der Waals surface area contributed by atoms with Gasteiger partial charge in [-0.25, -0.2) is 4.98 Å². The van der Waals surface area contributed by atoms with Crippen molar-refractivity contribution < 1.29 is 4.74 Å². The van der Waals surface area contributed by atoms with Crippen molar-refractivity contribution in [1.29, 1.82) is 0 Å². The number of hydrogen-bond acceptors (Lipinski definition) is 5. The molecule has 1 heterocycles. The van der Waals surface area contributed by atoms with Gasteiger partial charge in [0.05, 0.1) is 7.11 Å². The van der Waals surface area contributed by atoms with E-state index in [2.05, 4.69) is 20.6 Å². The summed E-state index contributed by atoms with van der Waals surface area (Å²) in [7, 11) is 1.66. The summed E-state index contributed by atoms with van der Waals surface area (Å²) in [5, 5.41) is 7.17. The first kappa shape index (κ1) is 17.0. The fourth-order valence-corrected chi connectivity index (χ4v) is 2.58. The van der Waals surface area contributed by atoms with Gasteiger partial charge in [0.15, 0.2) is 0 Å². The van der Waals surface area contributed by atoms with Gasteiger partial charge in [0, 0.05) is 29.0 Å². The predicted octanol–water partition coefficient (Wildman–Crippen LogP) is 4.80. The number of anilines is 3. The van der Waals surface area contributed by atoms with Crippen LogP contribution in [0, 0.1) is 6.92 Å². The highest BCUT2D eigenvalue weighted by molar-refractivity contribution is 6.30. The van der Waals surface area contributed by atoms with E-state index in [1.807, 2.05) is 55.5 Å². The molecule has 2 aromatic carbocycles. The van der Waals surface area contributed by atoms with Crippen LogP contribution < -0.4 is 15.4 Å². The summed E-state index contributed by atoms with van der Waals surface area (Å²) in [6.07, 6.45) is 1.71. The molecular formula is C19H19ClN4O. The lowest BCUT2D eigenvalue weighted by atomic mass is 10.2. The van der Waals surface area contributed by atoms with E-state index >= 15 is 0 Å². The molecule has 0 aliphatic carbocycles. The second kappa shape index (κ2) is 7.85. The third-order valence-corrected chi connectivity index (χ3v) is 3.98. The Hall–Kier alpha value is -2.79. The maximum atomic E-state index is 6.06. The van der Waals surface area contributed by atoms with Gasteiger partial charge >= 0.3 is 0 Å². The van der Waals surface area contributed by atoms with Gasteiger partial charge in [0.1, 0.15) is 11.6 Å². The highest BCUT2D eigenvalue weighted by atomic mass is 35.5. The van der Waals surface area contributed by atoms with Crippen LogP contribution in [-0.4, -0.2) is 17.1 Å². The standard InChI is InChI=1S/C19H19ClN4O/c1-13-7-8-15(20)11-16(13)23-18-9-10-21-19(24-18)22-12-14-5-3-4-6-17(14)25-2/h3-11H,12H2,1-2H3,(H2,21,22,23,24). The van der Waals surface area contributed by atoms with Crippen molar-refractivity contribution in [2.24, 2.45) is 0 Å². The number of methoxy groups -OCH3 is 1. The first-order valence-corrected chi connectivity index (χ1v) is 8.25. The Kier molecular flexibility index (Phi) is 5.36. The molecule has 0 bridgehead atoms. The SMILES string of the molecule is COc1ccccc1CNc1nccc(Nc2cc(Cl)ccc2C)n1. The summed E-state index contributed by atoms with van der Waals surface area (Å²) < 4.78 is 5.36. The largest absolute Gasteiger partial charge is 0.496 e. The molecule has 2 N–H and O–H groups in total. The number of nitrogens with one attached hydrogen (secondary N) is 2. The highest BCUT2D eigenvalue weighted by Gasteiger charge is 2.05. The molecule has 0 radical (unpaired) electrons. The van der Waals surface area contributed by atoms with Crippen LogP contribution in [0.3, 0.4) is 0 Å². The van der Waals surface area contributed by atoms with Crippen LogP contribution in [0.15, 0.2) is 54.7 Å². The lowest BCUT2D eigenvalue weighted by Crippen LogP contribution is -2.06. The summed E-state index contributed by atoms with van der Waals surface area (Å²) in [5.41, 5.74) is 3.05. The van der Waals surface area contributed by atoms with Crippen LogP contribution in [0.4, 0.5) is 17.5 Å². The third-order valence-electron chi connectivity index (χ3n) is 3.75. The average Bonchev–Trinajstić information content (AvgIpc) is 2.63. The van der Waals surface area contributed by atoms with E-state index in [1.54, 1.807) is 13.3 Å². The molecule has 128 valence electrons. The molecule has 0 aliphatic heterocycles. The fourth-order valence-electron chi connectivity index (χ4n) is 2.40. The van der Waals surface area contributed by atoms with Crippen LogP contribution in [0.25, 0.3) is 0 Å². The Balaban J connectivity index is 1.72. The van der Waals surface area contributed by atoms with Crippen molar-refractivity contribution in [2.45, 2.75) is 13.5 Å². The number of para-hydroxylation sites is 1. The normalized spacial score (nSPS) is 10.4. The molecule has 25 heavy (non-hydrogen) atoms. The zero-order valence-electron chi connectivity index (χ0n) is 14.1. The van der Waals surface area contributed by atoms with E-state index in [4.69, 9.17) is 16.3 Å². The molecule has 0 atom stereocenters. The second-order valence-corrected chi connectivity index (χ2v) is 5.95. The maximum absolute atomic E-state index is 6.06. The number of aromatic nitrogens is 2. The van der Waals surface area contributed by atoms with Crippen molar-refractivity contribution >= 4 is 29.1 Å². The topological polar surface area (TPSA) is 59.1 Å². The Morgan fingerprint density at radius 1 is 1.12 bits per heavy atom. The van der Waals surface area contributed by atoms with Gasteiger partial charge in [-0.2, -0.15) is 4.98 Å². The molecular weight excluding hydrogens is 336 g/mol. The number of hydrogen-bond donors (Lipinski definition) is 2. The smallest absolute Gasteiger partial charge is 0.224 e. The first-order chi connectivity index (χ1) is 12.2. The Morgan fingerprint density at radius 3 is 2.80 bits per heavy atom. The van der Waals surface area contributed by atoms with Crippen LogP contribution in [-0.2, 0) is 6.54 Å². The molecule has 0 fully saturated rings. The van der Waals surface area contributed by atoms with Crippen molar-refractivity contribution in [1.82, 2.24) is 9.97 Å². The van der Waals surface area contributed by atoms with Crippen molar-refractivity contribution in [3.8, 4) is 5.75 Å². The van der Waals surface area contributed by atoms with Gasteiger partial charge in [0.2, 0.25) is 5.95 Å². The quantitative estimate of drug-likeness (QED) is 0.665. The number of nitrogens with zero attached hydrogens (tertiary/aromatic N) is 2. The summed E-state index contributed by atoms with van der Waals surface area (Å²) in [5.74, 6) is 2.07. The van der Waals surface area contributed by atoms with Gasteiger partial charge in [0.25, 0.3) is 0 Å². The predicted molar refractivity (Wildman–Crippen MR) is 102 cm³/mol. The highest BCUT2D eigenvalue weighted by Crippen LogP contribution is 2.24. The molecule has 3 rings (SSSR count). The second-order valence-electron chi connectivity index (χ2n) is 5.52. The summed E-state index contributed by atoms with van der Waals surface area (Å²) >= 11 is 6.06. The van der Waals surface area contributed by atoms with E-state index in [0.717, 1.165) is 22.6 Å². The average molecular weight is 355 g/mol. The van der Waals surface area contributed by atoms with E-state index in [9.17, 15) is 0 Å². The zero-order valence-corrected chi connectivity index (χ0v) is 14.8. The van der Waals surface area contributed by atoms with Crippen LogP contribution in [0.5, 0.6) is 5.75 Å². The molecule has 0 saturated heterocycles. The lowest BCUT2D eigenvalue weighted by Gasteiger charge is -2.12. The van der Waals surface area contributed by atoms with Crippen molar-refractivity contribution in [3.63, 3.8) is 0 Å². The Morgan fingerprint density at radius 2 is 1.96 bits per heavy atom. The summed E-state index contributed by atoms with van der Waals surface area (Å²) in [4.78, 5) is 8.75. The van der Waals surface area contributed by atoms with Crippen LogP contribution in [0.2, 0.25) is 5.02 Å².